The van der Waals surface area contributed by atoms with Crippen molar-refractivity contribution in [2.45, 2.75) is 45.3 Å². The molecule has 0 spiro atoms. The molecule has 0 saturated heterocycles. The van der Waals surface area contributed by atoms with Crippen LogP contribution in [0.5, 0.6) is 5.75 Å². The fraction of sp³-hybridized carbons (Fsp3) is 0.571. The number of halogens is 1. The molecule has 1 aromatic rings. The van der Waals surface area contributed by atoms with E-state index in [1.54, 1.807) is 13.0 Å². The molecule has 1 atom stereocenters. The number of aliphatic hydroxyl groups excluding tert-OH is 1. The van der Waals surface area contributed by atoms with E-state index < -0.39 is 17.5 Å². The molecule has 1 rings (SSSR count). The molecule has 0 amide bonds. The smallest absolute Gasteiger partial charge is 0.165 e. The van der Waals surface area contributed by atoms with Gasteiger partial charge in [0.25, 0.3) is 0 Å². The zero-order valence-electron chi connectivity index (χ0n) is 11.1. The highest BCUT2D eigenvalue weighted by Gasteiger charge is 2.23. The van der Waals surface area contributed by atoms with E-state index in [0.29, 0.717) is 18.4 Å². The zero-order valence-corrected chi connectivity index (χ0v) is 11.1. The van der Waals surface area contributed by atoms with Crippen LogP contribution in [-0.4, -0.2) is 22.4 Å². The molecule has 0 fully saturated rings. The maximum Gasteiger partial charge on any atom is 0.165 e. The van der Waals surface area contributed by atoms with Crippen LogP contribution in [0.3, 0.4) is 0 Å². The molecule has 4 heteroatoms. The van der Waals surface area contributed by atoms with Gasteiger partial charge in [-0.1, -0.05) is 19.9 Å². The molecule has 0 aliphatic carbocycles. The Morgan fingerprint density at radius 3 is 2.39 bits per heavy atom. The molecule has 0 aliphatic heterocycles. The maximum atomic E-state index is 13.7. The average Bonchev–Trinajstić information content (AvgIpc) is 2.36. The van der Waals surface area contributed by atoms with Gasteiger partial charge < -0.3 is 14.9 Å². The fourth-order valence-corrected chi connectivity index (χ4v) is 1.56. The summed E-state index contributed by atoms with van der Waals surface area (Å²) in [6.45, 7) is 5.35. The standard InChI is InChI=1S/C14H21FO3/c1-4-14(17,5-2)9-18-13-7-6-11(10(3)16)8-12(13)15/h6-8,10,16-17H,4-5,9H2,1-3H3. The van der Waals surface area contributed by atoms with Crippen LogP contribution in [-0.2, 0) is 0 Å². The molecule has 0 bridgehead atoms. The summed E-state index contributed by atoms with van der Waals surface area (Å²) in [6.07, 6.45) is 0.394. The summed E-state index contributed by atoms with van der Waals surface area (Å²) in [7, 11) is 0. The SMILES string of the molecule is CCC(O)(CC)COc1ccc(C(C)O)cc1F. The Morgan fingerprint density at radius 1 is 1.33 bits per heavy atom. The molecule has 0 heterocycles. The lowest BCUT2D eigenvalue weighted by Crippen LogP contribution is -2.34. The van der Waals surface area contributed by atoms with Gasteiger partial charge in [-0.25, -0.2) is 4.39 Å². The van der Waals surface area contributed by atoms with Crippen molar-refractivity contribution in [2.24, 2.45) is 0 Å². The van der Waals surface area contributed by atoms with Crippen molar-refractivity contribution in [1.82, 2.24) is 0 Å². The summed E-state index contributed by atoms with van der Waals surface area (Å²) < 4.78 is 19.0. The second kappa shape index (κ2) is 6.16. The molecule has 102 valence electrons. The first kappa shape index (κ1) is 14.9. The molecule has 0 aromatic heterocycles. The third-order valence-corrected chi connectivity index (χ3v) is 3.25. The highest BCUT2D eigenvalue weighted by atomic mass is 19.1. The van der Waals surface area contributed by atoms with E-state index in [2.05, 4.69) is 0 Å². The molecule has 0 saturated carbocycles. The van der Waals surface area contributed by atoms with Gasteiger partial charge in [-0.05, 0) is 37.5 Å². The highest BCUT2D eigenvalue weighted by Crippen LogP contribution is 2.24. The molecule has 2 N–H and O–H groups in total. The predicted molar refractivity (Wildman–Crippen MR) is 68.1 cm³/mol. The molecular formula is C14H21FO3. The van der Waals surface area contributed by atoms with Crippen molar-refractivity contribution < 1.29 is 19.3 Å². The first-order chi connectivity index (χ1) is 8.41. The number of rotatable bonds is 6. The summed E-state index contributed by atoms with van der Waals surface area (Å²) in [5.74, 6) is -0.428. The fourth-order valence-electron chi connectivity index (χ4n) is 1.56. The Morgan fingerprint density at radius 2 is 1.94 bits per heavy atom. The molecule has 1 aromatic carbocycles. The second-order valence-electron chi connectivity index (χ2n) is 4.59. The number of aliphatic hydroxyl groups is 2. The monoisotopic (exact) mass is 256 g/mol. The van der Waals surface area contributed by atoms with Crippen LogP contribution in [0.15, 0.2) is 18.2 Å². The Hall–Kier alpha value is -1.13. The summed E-state index contributed by atoms with van der Waals surface area (Å²) in [4.78, 5) is 0. The van der Waals surface area contributed by atoms with Crippen molar-refractivity contribution in [2.75, 3.05) is 6.61 Å². The van der Waals surface area contributed by atoms with Gasteiger partial charge in [0.15, 0.2) is 11.6 Å². The number of benzene rings is 1. The van der Waals surface area contributed by atoms with Gasteiger partial charge in [0, 0.05) is 0 Å². The maximum absolute atomic E-state index is 13.7. The van der Waals surface area contributed by atoms with Crippen molar-refractivity contribution in [1.29, 1.82) is 0 Å². The van der Waals surface area contributed by atoms with E-state index in [-0.39, 0.29) is 12.4 Å². The molecule has 3 nitrogen and oxygen atoms in total. The number of hydrogen-bond donors (Lipinski definition) is 2. The predicted octanol–water partition coefficient (Wildman–Crippen LogP) is 2.81. The Kier molecular flexibility index (Phi) is 5.11. The number of hydrogen-bond acceptors (Lipinski definition) is 3. The normalized spacial score (nSPS) is 13.4. The van der Waals surface area contributed by atoms with Gasteiger partial charge in [0.1, 0.15) is 6.61 Å². The van der Waals surface area contributed by atoms with E-state index in [0.717, 1.165) is 0 Å². The van der Waals surface area contributed by atoms with E-state index in [1.807, 2.05) is 13.8 Å². The van der Waals surface area contributed by atoms with Gasteiger partial charge in [-0.3, -0.25) is 0 Å². The molecule has 1 unspecified atom stereocenters. The minimum Gasteiger partial charge on any atom is -0.488 e. The van der Waals surface area contributed by atoms with Crippen LogP contribution >= 0.6 is 0 Å². The summed E-state index contributed by atoms with van der Waals surface area (Å²) >= 11 is 0. The molecule has 0 radical (unpaired) electrons. The Labute approximate surface area is 107 Å². The first-order valence-corrected chi connectivity index (χ1v) is 6.24. The van der Waals surface area contributed by atoms with Crippen molar-refractivity contribution in [3.8, 4) is 5.75 Å². The van der Waals surface area contributed by atoms with Gasteiger partial charge in [-0.2, -0.15) is 0 Å². The van der Waals surface area contributed by atoms with E-state index in [4.69, 9.17) is 4.74 Å². The first-order valence-electron chi connectivity index (χ1n) is 6.24. The van der Waals surface area contributed by atoms with Crippen LogP contribution in [0.4, 0.5) is 4.39 Å². The molecule has 0 aliphatic rings. The summed E-state index contributed by atoms with van der Waals surface area (Å²) in [5.41, 5.74) is -0.420. The summed E-state index contributed by atoms with van der Waals surface area (Å²) in [5, 5.41) is 19.4. The van der Waals surface area contributed by atoms with Crippen LogP contribution in [0.1, 0.15) is 45.3 Å². The van der Waals surface area contributed by atoms with Crippen LogP contribution in [0.25, 0.3) is 0 Å². The minimum atomic E-state index is -0.921. The van der Waals surface area contributed by atoms with Gasteiger partial charge >= 0.3 is 0 Å². The third-order valence-electron chi connectivity index (χ3n) is 3.25. The van der Waals surface area contributed by atoms with Gasteiger partial charge in [-0.15, -0.1) is 0 Å². The van der Waals surface area contributed by atoms with E-state index in [1.165, 1.54) is 12.1 Å². The van der Waals surface area contributed by atoms with Crippen molar-refractivity contribution in [3.05, 3.63) is 29.6 Å². The molecular weight excluding hydrogens is 235 g/mol. The minimum absolute atomic E-state index is 0.0605. The lowest BCUT2D eigenvalue weighted by molar-refractivity contribution is -0.0123. The Bertz CT molecular complexity index is 387. The van der Waals surface area contributed by atoms with Crippen LogP contribution in [0, 0.1) is 5.82 Å². The van der Waals surface area contributed by atoms with Gasteiger partial charge in [0.05, 0.1) is 11.7 Å². The quantitative estimate of drug-likeness (QED) is 0.822. The third kappa shape index (κ3) is 3.68. The van der Waals surface area contributed by atoms with Crippen molar-refractivity contribution in [3.63, 3.8) is 0 Å². The average molecular weight is 256 g/mol. The van der Waals surface area contributed by atoms with Gasteiger partial charge in [0.2, 0.25) is 0 Å². The lowest BCUT2D eigenvalue weighted by Gasteiger charge is -2.25. The van der Waals surface area contributed by atoms with E-state index in [9.17, 15) is 14.6 Å². The summed E-state index contributed by atoms with van der Waals surface area (Å²) in [6, 6.07) is 4.33. The number of ether oxygens (including phenoxy) is 1. The van der Waals surface area contributed by atoms with E-state index >= 15 is 0 Å². The molecule has 18 heavy (non-hydrogen) atoms. The topological polar surface area (TPSA) is 49.7 Å². The van der Waals surface area contributed by atoms with Crippen LogP contribution < -0.4 is 4.74 Å². The second-order valence-corrected chi connectivity index (χ2v) is 4.59. The zero-order chi connectivity index (χ0) is 13.8. The van der Waals surface area contributed by atoms with Crippen LogP contribution in [0.2, 0.25) is 0 Å². The highest BCUT2D eigenvalue weighted by molar-refractivity contribution is 5.30. The lowest BCUT2D eigenvalue weighted by atomic mass is 9.99. The largest absolute Gasteiger partial charge is 0.488 e. The van der Waals surface area contributed by atoms with Crippen molar-refractivity contribution >= 4 is 0 Å². The Balaban J connectivity index is 2.74.